The maximum Gasteiger partial charge on any atom is 0.124 e. The lowest BCUT2D eigenvalue weighted by Crippen LogP contribution is -2.32. The Kier molecular flexibility index (Phi) is 5.45. The predicted molar refractivity (Wildman–Crippen MR) is 70.3 cm³/mol. The molecule has 3 nitrogen and oxygen atoms in total. The first-order chi connectivity index (χ1) is 8.10. The minimum Gasteiger partial charge on any atom is -0.496 e. The number of nitrogens with zero attached hydrogens (tertiary/aromatic N) is 1. The summed E-state index contributed by atoms with van der Waals surface area (Å²) in [7, 11) is 3.66. The Balaban J connectivity index is 2.72. The summed E-state index contributed by atoms with van der Waals surface area (Å²) in [5.74, 6) is 0.748. The molecule has 0 aliphatic heterocycles. The number of ether oxygens (including phenoxy) is 1. The summed E-state index contributed by atoms with van der Waals surface area (Å²) >= 11 is 0. The molecule has 0 aliphatic rings. The van der Waals surface area contributed by atoms with Gasteiger partial charge in [0.15, 0.2) is 0 Å². The van der Waals surface area contributed by atoms with Crippen molar-refractivity contribution in [2.45, 2.75) is 32.4 Å². The van der Waals surface area contributed by atoms with Crippen molar-refractivity contribution >= 4 is 0 Å². The lowest BCUT2D eigenvalue weighted by Gasteiger charge is -2.26. The van der Waals surface area contributed by atoms with Crippen LogP contribution in [-0.2, 0) is 0 Å². The lowest BCUT2D eigenvalue weighted by atomic mass is 10.1. The van der Waals surface area contributed by atoms with E-state index >= 15 is 0 Å². The van der Waals surface area contributed by atoms with E-state index in [2.05, 4.69) is 18.7 Å². The van der Waals surface area contributed by atoms with Crippen molar-refractivity contribution in [2.75, 3.05) is 20.7 Å². The van der Waals surface area contributed by atoms with E-state index in [1.54, 1.807) is 7.11 Å². The Morgan fingerprint density at radius 3 is 2.59 bits per heavy atom. The number of aliphatic hydroxyl groups is 1. The van der Waals surface area contributed by atoms with Crippen molar-refractivity contribution < 1.29 is 9.84 Å². The van der Waals surface area contributed by atoms with Crippen LogP contribution in [0.5, 0.6) is 5.75 Å². The summed E-state index contributed by atoms with van der Waals surface area (Å²) in [4.78, 5) is 2.16. The van der Waals surface area contributed by atoms with Gasteiger partial charge in [0.2, 0.25) is 0 Å². The van der Waals surface area contributed by atoms with Gasteiger partial charge >= 0.3 is 0 Å². The molecular weight excluding hydrogens is 214 g/mol. The molecule has 0 spiro atoms. The van der Waals surface area contributed by atoms with E-state index < -0.39 is 6.10 Å². The number of likely N-dealkylation sites (N-methyl/N-ethyl adjacent to an activating group) is 1. The second-order valence-corrected chi connectivity index (χ2v) is 4.45. The first-order valence-corrected chi connectivity index (χ1v) is 6.11. The Morgan fingerprint density at radius 2 is 2.00 bits per heavy atom. The summed E-state index contributed by atoms with van der Waals surface area (Å²) in [6, 6.07) is 8.09. The van der Waals surface area contributed by atoms with E-state index in [0.717, 1.165) is 17.7 Å². The van der Waals surface area contributed by atoms with Gasteiger partial charge in [0.1, 0.15) is 5.75 Å². The minimum atomic E-state index is -0.509. The van der Waals surface area contributed by atoms with Crippen LogP contribution in [0.4, 0.5) is 0 Å². The molecule has 1 aromatic rings. The Hall–Kier alpha value is -1.06. The Morgan fingerprint density at radius 1 is 1.35 bits per heavy atom. The second-order valence-electron chi connectivity index (χ2n) is 4.45. The summed E-state index contributed by atoms with van der Waals surface area (Å²) < 4.78 is 5.26. The summed E-state index contributed by atoms with van der Waals surface area (Å²) in [5, 5.41) is 10.2. The molecule has 0 aromatic heterocycles. The quantitative estimate of drug-likeness (QED) is 0.825. The van der Waals surface area contributed by atoms with Crippen LogP contribution < -0.4 is 4.74 Å². The predicted octanol–water partition coefficient (Wildman–Crippen LogP) is 2.46. The van der Waals surface area contributed by atoms with Crippen LogP contribution in [0.1, 0.15) is 31.9 Å². The molecule has 0 aliphatic carbocycles. The number of hydrogen-bond donors (Lipinski definition) is 1. The van der Waals surface area contributed by atoms with Crippen LogP contribution in [0.25, 0.3) is 0 Å². The van der Waals surface area contributed by atoms with Crippen molar-refractivity contribution in [1.29, 1.82) is 0 Å². The monoisotopic (exact) mass is 237 g/mol. The molecule has 0 saturated carbocycles. The van der Waals surface area contributed by atoms with E-state index in [9.17, 15) is 5.11 Å². The van der Waals surface area contributed by atoms with Crippen LogP contribution in [-0.4, -0.2) is 36.8 Å². The van der Waals surface area contributed by atoms with E-state index in [0.29, 0.717) is 12.6 Å². The molecular formula is C14H23NO2. The average molecular weight is 237 g/mol. The molecule has 96 valence electrons. The number of para-hydroxylation sites is 1. The topological polar surface area (TPSA) is 32.7 Å². The first kappa shape index (κ1) is 14.0. The fourth-order valence-corrected chi connectivity index (χ4v) is 1.80. The molecule has 17 heavy (non-hydrogen) atoms. The highest BCUT2D eigenvalue weighted by molar-refractivity contribution is 5.35. The molecule has 1 aromatic carbocycles. The highest BCUT2D eigenvalue weighted by atomic mass is 16.5. The van der Waals surface area contributed by atoms with E-state index in [1.807, 2.05) is 31.3 Å². The third-order valence-corrected chi connectivity index (χ3v) is 3.30. The fourth-order valence-electron chi connectivity index (χ4n) is 1.80. The SMILES string of the molecule is CCC(C)N(C)CC(O)c1ccccc1OC. The normalized spacial score (nSPS) is 14.7. The third kappa shape index (κ3) is 3.72. The van der Waals surface area contributed by atoms with Gasteiger partial charge in [0.25, 0.3) is 0 Å². The van der Waals surface area contributed by atoms with Crippen LogP contribution >= 0.6 is 0 Å². The highest BCUT2D eigenvalue weighted by Crippen LogP contribution is 2.25. The number of methoxy groups -OCH3 is 1. The van der Waals surface area contributed by atoms with E-state index in [-0.39, 0.29) is 0 Å². The Labute approximate surface area is 104 Å². The summed E-state index contributed by atoms with van der Waals surface area (Å²) in [6.07, 6.45) is 0.569. The molecule has 0 saturated heterocycles. The van der Waals surface area contributed by atoms with Crippen molar-refractivity contribution in [3.63, 3.8) is 0 Å². The third-order valence-electron chi connectivity index (χ3n) is 3.30. The molecule has 0 heterocycles. The zero-order valence-electron chi connectivity index (χ0n) is 11.2. The van der Waals surface area contributed by atoms with Crippen molar-refractivity contribution in [3.8, 4) is 5.75 Å². The maximum atomic E-state index is 10.2. The number of benzene rings is 1. The van der Waals surface area contributed by atoms with E-state index in [4.69, 9.17) is 4.74 Å². The molecule has 1 rings (SSSR count). The molecule has 1 N–H and O–H groups in total. The van der Waals surface area contributed by atoms with Crippen molar-refractivity contribution in [3.05, 3.63) is 29.8 Å². The van der Waals surface area contributed by atoms with Gasteiger partial charge in [-0.25, -0.2) is 0 Å². The summed E-state index contributed by atoms with van der Waals surface area (Å²) in [5.41, 5.74) is 0.852. The molecule has 0 radical (unpaired) electrons. The average Bonchev–Trinajstić information content (AvgIpc) is 2.37. The van der Waals surface area contributed by atoms with Crippen LogP contribution in [0.15, 0.2) is 24.3 Å². The number of rotatable bonds is 6. The molecule has 0 amide bonds. The fraction of sp³-hybridized carbons (Fsp3) is 0.571. The van der Waals surface area contributed by atoms with Crippen LogP contribution in [0, 0.1) is 0 Å². The van der Waals surface area contributed by atoms with E-state index in [1.165, 1.54) is 0 Å². The molecule has 0 bridgehead atoms. The van der Waals surface area contributed by atoms with Gasteiger partial charge in [0, 0.05) is 18.2 Å². The molecule has 2 unspecified atom stereocenters. The molecule has 2 atom stereocenters. The number of aliphatic hydroxyl groups excluding tert-OH is 1. The number of hydrogen-bond acceptors (Lipinski definition) is 3. The molecule has 3 heteroatoms. The highest BCUT2D eigenvalue weighted by Gasteiger charge is 2.16. The van der Waals surface area contributed by atoms with Gasteiger partial charge in [0.05, 0.1) is 13.2 Å². The molecule has 0 fully saturated rings. The van der Waals surface area contributed by atoms with Gasteiger partial charge in [-0.15, -0.1) is 0 Å². The smallest absolute Gasteiger partial charge is 0.124 e. The standard InChI is InChI=1S/C14H23NO2/c1-5-11(2)15(3)10-13(16)12-8-6-7-9-14(12)17-4/h6-9,11,13,16H,5,10H2,1-4H3. The van der Waals surface area contributed by atoms with Gasteiger partial charge in [-0.05, 0) is 26.5 Å². The maximum absolute atomic E-state index is 10.2. The van der Waals surface area contributed by atoms with Gasteiger partial charge in [-0.1, -0.05) is 25.1 Å². The van der Waals surface area contributed by atoms with Gasteiger partial charge < -0.3 is 14.7 Å². The largest absolute Gasteiger partial charge is 0.496 e. The zero-order chi connectivity index (χ0) is 12.8. The second kappa shape index (κ2) is 6.62. The van der Waals surface area contributed by atoms with Crippen LogP contribution in [0.3, 0.4) is 0 Å². The summed E-state index contributed by atoms with van der Waals surface area (Å²) in [6.45, 7) is 4.93. The van der Waals surface area contributed by atoms with Crippen molar-refractivity contribution in [1.82, 2.24) is 4.90 Å². The van der Waals surface area contributed by atoms with Crippen molar-refractivity contribution in [2.24, 2.45) is 0 Å². The minimum absolute atomic E-state index is 0.472. The van der Waals surface area contributed by atoms with Crippen LogP contribution in [0.2, 0.25) is 0 Å². The zero-order valence-corrected chi connectivity index (χ0v) is 11.2. The Bertz CT molecular complexity index is 341. The van der Waals surface area contributed by atoms with Gasteiger partial charge in [-0.2, -0.15) is 0 Å². The van der Waals surface area contributed by atoms with Gasteiger partial charge in [-0.3, -0.25) is 0 Å². The first-order valence-electron chi connectivity index (χ1n) is 6.11. The lowest BCUT2D eigenvalue weighted by molar-refractivity contribution is 0.105.